The van der Waals surface area contributed by atoms with Gasteiger partial charge in [-0.1, -0.05) is 11.8 Å². The van der Waals surface area contributed by atoms with E-state index in [-0.39, 0.29) is 11.7 Å². The van der Waals surface area contributed by atoms with Gasteiger partial charge in [0.2, 0.25) is 5.91 Å². The molecule has 2 amide bonds. The molecule has 0 aliphatic heterocycles. The SMILES string of the molecule is NC(=O)c1c(NC(=O)CSc2nncn2C2CC2)sc2c1CCCC2. The van der Waals surface area contributed by atoms with Gasteiger partial charge >= 0.3 is 0 Å². The van der Waals surface area contributed by atoms with Crippen molar-refractivity contribution >= 4 is 39.9 Å². The highest BCUT2D eigenvalue weighted by molar-refractivity contribution is 7.99. The first-order valence-corrected chi connectivity index (χ1v) is 10.2. The largest absolute Gasteiger partial charge is 0.365 e. The number of carbonyl (C=O) groups excluding carboxylic acids is 2. The van der Waals surface area contributed by atoms with Crippen molar-refractivity contribution < 1.29 is 9.59 Å². The van der Waals surface area contributed by atoms with Crippen LogP contribution in [0.5, 0.6) is 0 Å². The average molecular weight is 377 g/mol. The van der Waals surface area contributed by atoms with Gasteiger partial charge in [0.15, 0.2) is 5.16 Å². The number of aryl methyl sites for hydroxylation is 1. The molecule has 0 aromatic carbocycles. The number of anilines is 1. The number of hydrogen-bond donors (Lipinski definition) is 2. The molecular formula is C16H19N5O2S2. The molecule has 2 aliphatic rings. The Hall–Kier alpha value is -1.87. The average Bonchev–Trinajstić information content (AvgIpc) is 3.20. The number of nitrogens with one attached hydrogen (secondary N) is 1. The number of rotatable bonds is 6. The van der Waals surface area contributed by atoms with Gasteiger partial charge in [-0.25, -0.2) is 0 Å². The second-order valence-electron chi connectivity index (χ2n) is 6.37. The summed E-state index contributed by atoms with van der Waals surface area (Å²) in [7, 11) is 0. The molecule has 0 unspecified atom stereocenters. The molecule has 2 heterocycles. The molecule has 2 aromatic rings. The van der Waals surface area contributed by atoms with Crippen LogP contribution >= 0.6 is 23.1 Å². The van der Waals surface area contributed by atoms with Gasteiger partial charge in [-0.15, -0.1) is 21.5 Å². The summed E-state index contributed by atoms with van der Waals surface area (Å²) in [6.45, 7) is 0. The monoisotopic (exact) mass is 377 g/mol. The first kappa shape index (κ1) is 16.6. The third-order valence-corrected chi connectivity index (χ3v) is 6.65. The number of aromatic nitrogens is 3. The van der Waals surface area contributed by atoms with Crippen LogP contribution < -0.4 is 11.1 Å². The fraction of sp³-hybridized carbons (Fsp3) is 0.500. The second kappa shape index (κ2) is 6.80. The van der Waals surface area contributed by atoms with Crippen LogP contribution in [-0.2, 0) is 17.6 Å². The Bertz CT molecular complexity index is 825. The lowest BCUT2D eigenvalue weighted by molar-refractivity contribution is -0.113. The molecule has 0 radical (unpaired) electrons. The number of nitrogens with zero attached hydrogens (tertiary/aromatic N) is 3. The van der Waals surface area contributed by atoms with E-state index in [0.717, 1.165) is 49.2 Å². The number of thiophene rings is 1. The van der Waals surface area contributed by atoms with Crippen LogP contribution in [0, 0.1) is 0 Å². The standard InChI is InChI=1S/C16H19N5O2S2/c17-14(23)13-10-3-1-2-4-11(10)25-15(13)19-12(22)7-24-16-20-18-8-21(16)9-5-6-9/h8-9H,1-7H2,(H2,17,23)(H,19,22). The summed E-state index contributed by atoms with van der Waals surface area (Å²) in [6, 6.07) is 0.478. The van der Waals surface area contributed by atoms with Crippen molar-refractivity contribution in [2.45, 2.75) is 49.7 Å². The molecule has 132 valence electrons. The lowest BCUT2D eigenvalue weighted by atomic mass is 9.95. The molecule has 4 rings (SSSR count). The molecule has 2 aromatic heterocycles. The lowest BCUT2D eigenvalue weighted by Crippen LogP contribution is -2.19. The number of carbonyl (C=O) groups is 2. The van der Waals surface area contributed by atoms with Crippen LogP contribution in [0.4, 0.5) is 5.00 Å². The van der Waals surface area contributed by atoms with Gasteiger partial charge < -0.3 is 15.6 Å². The van der Waals surface area contributed by atoms with Crippen molar-refractivity contribution in [1.29, 1.82) is 0 Å². The predicted molar refractivity (Wildman–Crippen MR) is 97.1 cm³/mol. The number of nitrogens with two attached hydrogens (primary N) is 1. The highest BCUT2D eigenvalue weighted by atomic mass is 32.2. The molecule has 0 spiro atoms. The maximum Gasteiger partial charge on any atom is 0.251 e. The molecule has 0 atom stereocenters. The number of hydrogen-bond acceptors (Lipinski definition) is 6. The highest BCUT2D eigenvalue weighted by Gasteiger charge is 2.27. The van der Waals surface area contributed by atoms with Gasteiger partial charge in [0, 0.05) is 10.9 Å². The maximum absolute atomic E-state index is 12.4. The Balaban J connectivity index is 1.44. The van der Waals surface area contributed by atoms with E-state index in [9.17, 15) is 9.59 Å². The quantitative estimate of drug-likeness (QED) is 0.753. The first-order valence-electron chi connectivity index (χ1n) is 8.40. The smallest absolute Gasteiger partial charge is 0.251 e. The molecule has 1 fully saturated rings. The molecule has 2 aliphatic carbocycles. The Labute approximate surface area is 153 Å². The number of amides is 2. The van der Waals surface area contributed by atoms with Gasteiger partial charge in [-0.3, -0.25) is 9.59 Å². The topological polar surface area (TPSA) is 103 Å². The Morgan fingerprint density at radius 2 is 2.16 bits per heavy atom. The van der Waals surface area contributed by atoms with Crippen LogP contribution in [0.25, 0.3) is 0 Å². The van der Waals surface area contributed by atoms with E-state index in [4.69, 9.17) is 5.73 Å². The summed E-state index contributed by atoms with van der Waals surface area (Å²) in [6.07, 6.45) is 7.99. The number of thioether (sulfide) groups is 1. The van der Waals surface area contributed by atoms with Crippen LogP contribution in [0.15, 0.2) is 11.5 Å². The summed E-state index contributed by atoms with van der Waals surface area (Å²) < 4.78 is 2.02. The highest BCUT2D eigenvalue weighted by Crippen LogP contribution is 2.39. The van der Waals surface area contributed by atoms with E-state index in [1.54, 1.807) is 6.33 Å². The molecular weight excluding hydrogens is 358 g/mol. The molecule has 9 heteroatoms. The molecule has 0 bridgehead atoms. The van der Waals surface area contributed by atoms with Gasteiger partial charge in [0.1, 0.15) is 11.3 Å². The molecule has 25 heavy (non-hydrogen) atoms. The van der Waals surface area contributed by atoms with Crippen LogP contribution in [0.3, 0.4) is 0 Å². The third kappa shape index (κ3) is 3.43. The zero-order valence-electron chi connectivity index (χ0n) is 13.7. The molecule has 7 nitrogen and oxygen atoms in total. The number of primary amides is 1. The minimum absolute atomic E-state index is 0.156. The predicted octanol–water partition coefficient (Wildman–Crippen LogP) is 2.38. The van der Waals surface area contributed by atoms with Gasteiger partial charge in [-0.05, 0) is 44.1 Å². The minimum atomic E-state index is -0.462. The molecule has 0 saturated heterocycles. The van der Waals surface area contributed by atoms with Crippen molar-refractivity contribution in [1.82, 2.24) is 14.8 Å². The van der Waals surface area contributed by atoms with E-state index in [1.165, 1.54) is 28.0 Å². The van der Waals surface area contributed by atoms with Crippen LogP contribution in [-0.4, -0.2) is 32.3 Å². The Morgan fingerprint density at radius 1 is 1.36 bits per heavy atom. The van der Waals surface area contributed by atoms with Crippen molar-refractivity contribution in [3.05, 3.63) is 22.3 Å². The first-order chi connectivity index (χ1) is 12.1. The summed E-state index contributed by atoms with van der Waals surface area (Å²) in [5.74, 6) is -0.390. The van der Waals surface area contributed by atoms with E-state index in [1.807, 2.05) is 4.57 Å². The van der Waals surface area contributed by atoms with E-state index in [2.05, 4.69) is 15.5 Å². The fourth-order valence-electron chi connectivity index (χ4n) is 3.15. The number of fused-ring (bicyclic) bond motifs is 1. The summed E-state index contributed by atoms with van der Waals surface area (Å²) in [5, 5.41) is 12.2. The van der Waals surface area contributed by atoms with Crippen molar-refractivity contribution in [3.63, 3.8) is 0 Å². The Morgan fingerprint density at radius 3 is 2.92 bits per heavy atom. The summed E-state index contributed by atoms with van der Waals surface area (Å²) in [5.41, 5.74) is 7.09. The summed E-state index contributed by atoms with van der Waals surface area (Å²) >= 11 is 2.85. The van der Waals surface area contributed by atoms with Crippen LogP contribution in [0.1, 0.15) is 52.5 Å². The zero-order valence-corrected chi connectivity index (χ0v) is 15.3. The van der Waals surface area contributed by atoms with Crippen molar-refractivity contribution in [3.8, 4) is 0 Å². The van der Waals surface area contributed by atoms with Crippen molar-refractivity contribution in [2.75, 3.05) is 11.1 Å². The fourth-order valence-corrected chi connectivity index (χ4v) is 5.24. The summed E-state index contributed by atoms with van der Waals surface area (Å²) in [4.78, 5) is 25.4. The normalized spacial score (nSPS) is 16.5. The maximum atomic E-state index is 12.4. The van der Waals surface area contributed by atoms with Gasteiger partial charge in [-0.2, -0.15) is 0 Å². The van der Waals surface area contributed by atoms with E-state index < -0.39 is 5.91 Å². The minimum Gasteiger partial charge on any atom is -0.365 e. The second-order valence-corrected chi connectivity index (χ2v) is 8.42. The molecule has 3 N–H and O–H groups in total. The van der Waals surface area contributed by atoms with Crippen LogP contribution in [0.2, 0.25) is 0 Å². The third-order valence-electron chi connectivity index (χ3n) is 4.48. The zero-order chi connectivity index (χ0) is 17.4. The van der Waals surface area contributed by atoms with E-state index in [0.29, 0.717) is 16.6 Å². The molecule has 1 saturated carbocycles. The lowest BCUT2D eigenvalue weighted by Gasteiger charge is -2.11. The Kier molecular flexibility index (Phi) is 4.51. The van der Waals surface area contributed by atoms with Gasteiger partial charge in [0.05, 0.1) is 11.3 Å². The van der Waals surface area contributed by atoms with Gasteiger partial charge in [0.25, 0.3) is 5.91 Å². The van der Waals surface area contributed by atoms with E-state index >= 15 is 0 Å². The van der Waals surface area contributed by atoms with Crippen molar-refractivity contribution in [2.24, 2.45) is 5.73 Å².